The molecular weight excluding hydrogens is 414 g/mol. The first-order chi connectivity index (χ1) is 13.6. The van der Waals surface area contributed by atoms with Gasteiger partial charge in [0.05, 0.1) is 18.2 Å². The average molecular weight is 435 g/mol. The zero-order valence-corrected chi connectivity index (χ0v) is 16.4. The number of benzene rings is 1. The van der Waals surface area contributed by atoms with Crippen molar-refractivity contribution in [3.8, 4) is 6.07 Å². The lowest BCUT2D eigenvalue weighted by Crippen LogP contribution is -2.51. The number of hydrogen-bond donors (Lipinski definition) is 2. The Hall–Kier alpha value is -2.39. The van der Waals surface area contributed by atoms with Gasteiger partial charge in [0.2, 0.25) is 0 Å². The van der Waals surface area contributed by atoms with Crippen LogP contribution in [0.1, 0.15) is 30.9 Å². The van der Waals surface area contributed by atoms with Crippen LogP contribution in [0.25, 0.3) is 0 Å². The number of aliphatic imine (C=N–C) groups is 1. The molecule has 1 aliphatic heterocycles. The third-order valence-electron chi connectivity index (χ3n) is 4.36. The normalized spacial score (nSPS) is 17.0. The molecule has 1 aromatic carbocycles. The zero-order chi connectivity index (χ0) is 21.7. The molecule has 12 heteroatoms. The van der Waals surface area contributed by atoms with Crippen LogP contribution >= 0.6 is 0 Å². The van der Waals surface area contributed by atoms with Crippen molar-refractivity contribution < 1.29 is 26.0 Å². The molecule has 7 nitrogen and oxygen atoms in total. The van der Waals surface area contributed by atoms with Gasteiger partial charge in [-0.2, -0.15) is 22.7 Å². The molecule has 0 spiro atoms. The van der Waals surface area contributed by atoms with E-state index in [9.17, 15) is 26.0 Å². The Kier molecular flexibility index (Phi) is 7.43. The molecule has 0 unspecified atom stereocenters. The quantitative estimate of drug-likeness (QED) is 0.419. The number of sulfonamides is 1. The first-order valence-corrected chi connectivity index (χ1v) is 10.3. The molecular formula is C17H21F4N5O2S. The lowest BCUT2D eigenvalue weighted by molar-refractivity contribution is -0.0494. The predicted octanol–water partition coefficient (Wildman–Crippen LogP) is 2.07. The number of nitrogens with one attached hydrogen (secondary N) is 2. The van der Waals surface area contributed by atoms with Gasteiger partial charge in [-0.25, -0.2) is 17.8 Å². The number of nitrogens with zero attached hydrogens (tertiary/aromatic N) is 3. The summed E-state index contributed by atoms with van der Waals surface area (Å²) in [7, 11) is -5.32. The molecule has 0 saturated carbocycles. The lowest BCUT2D eigenvalue weighted by atomic mass is 10.1. The van der Waals surface area contributed by atoms with Gasteiger partial charge in [-0.15, -0.1) is 0 Å². The number of rotatable bonds is 5. The molecule has 2 rings (SSSR count). The summed E-state index contributed by atoms with van der Waals surface area (Å²) in [5.74, 6) is -0.220. The molecule has 160 valence electrons. The number of nitriles is 1. The monoisotopic (exact) mass is 435 g/mol. The third kappa shape index (κ3) is 5.80. The van der Waals surface area contributed by atoms with Crippen molar-refractivity contribution in [1.82, 2.24) is 14.9 Å². The van der Waals surface area contributed by atoms with Gasteiger partial charge in [-0.1, -0.05) is 6.07 Å². The summed E-state index contributed by atoms with van der Waals surface area (Å²) in [6.07, 6.45) is 0.343. The van der Waals surface area contributed by atoms with Crippen LogP contribution in [-0.2, 0) is 16.6 Å². The Balaban J connectivity index is 2.00. The second-order valence-electron chi connectivity index (χ2n) is 6.38. The van der Waals surface area contributed by atoms with Gasteiger partial charge in [-0.05, 0) is 31.9 Å². The predicted molar refractivity (Wildman–Crippen MR) is 98.6 cm³/mol. The molecule has 1 saturated heterocycles. The number of hydrogen-bond acceptors (Lipinski definition) is 4. The van der Waals surface area contributed by atoms with E-state index in [1.54, 1.807) is 0 Å². The molecule has 1 fully saturated rings. The van der Waals surface area contributed by atoms with Gasteiger partial charge < -0.3 is 10.6 Å². The van der Waals surface area contributed by atoms with E-state index in [0.29, 0.717) is 16.8 Å². The van der Waals surface area contributed by atoms with E-state index in [-0.39, 0.29) is 49.6 Å². The van der Waals surface area contributed by atoms with Crippen molar-refractivity contribution in [3.05, 3.63) is 35.1 Å². The molecule has 0 aromatic heterocycles. The standard InChI is InChI=1S/C17H21F4N5O2S/c1-2-23-16(24-11-13-4-3-12(10-22)9-15(13)18)25-14-5-7-26(8-6-14)29(27,28)17(19,20)21/h3-4,9,14H,2,5-8,11H2,1H3,(H2,23,24,25). The Bertz CT molecular complexity index is 888. The highest BCUT2D eigenvalue weighted by Crippen LogP contribution is 2.28. The van der Waals surface area contributed by atoms with Crippen LogP contribution in [0.3, 0.4) is 0 Å². The third-order valence-corrected chi connectivity index (χ3v) is 5.99. The Morgan fingerprint density at radius 2 is 2.00 bits per heavy atom. The van der Waals surface area contributed by atoms with Gasteiger partial charge in [-0.3, -0.25) is 0 Å². The number of alkyl halides is 3. The van der Waals surface area contributed by atoms with Crippen LogP contribution in [-0.4, -0.2) is 49.9 Å². The van der Waals surface area contributed by atoms with Crippen LogP contribution in [0.15, 0.2) is 23.2 Å². The van der Waals surface area contributed by atoms with Gasteiger partial charge >= 0.3 is 15.5 Å². The summed E-state index contributed by atoms with van der Waals surface area (Å²) in [6.45, 7) is 1.79. The van der Waals surface area contributed by atoms with E-state index in [1.807, 2.05) is 13.0 Å². The van der Waals surface area contributed by atoms with Crippen molar-refractivity contribution in [3.63, 3.8) is 0 Å². The Morgan fingerprint density at radius 3 is 2.52 bits per heavy atom. The molecule has 0 bridgehead atoms. The summed E-state index contributed by atoms with van der Waals surface area (Å²) in [5, 5.41) is 14.8. The summed E-state index contributed by atoms with van der Waals surface area (Å²) in [5.41, 5.74) is -4.83. The van der Waals surface area contributed by atoms with Crippen molar-refractivity contribution in [2.45, 2.75) is 37.9 Å². The first-order valence-electron chi connectivity index (χ1n) is 8.88. The summed E-state index contributed by atoms with van der Waals surface area (Å²) >= 11 is 0. The van der Waals surface area contributed by atoms with Crippen molar-refractivity contribution in [1.29, 1.82) is 5.26 Å². The van der Waals surface area contributed by atoms with E-state index in [4.69, 9.17) is 5.26 Å². The fourth-order valence-corrected chi connectivity index (χ4v) is 3.79. The molecule has 0 atom stereocenters. The number of guanidine groups is 1. The Labute approximate surface area is 166 Å². The topological polar surface area (TPSA) is 97.6 Å². The minimum atomic E-state index is -5.32. The van der Waals surface area contributed by atoms with Gasteiger partial charge in [0.15, 0.2) is 5.96 Å². The fourth-order valence-electron chi connectivity index (χ4n) is 2.81. The second kappa shape index (κ2) is 9.41. The van der Waals surface area contributed by atoms with E-state index in [2.05, 4.69) is 15.6 Å². The smallest absolute Gasteiger partial charge is 0.357 e. The highest BCUT2D eigenvalue weighted by atomic mass is 32.2. The lowest BCUT2D eigenvalue weighted by Gasteiger charge is -2.32. The highest BCUT2D eigenvalue weighted by molar-refractivity contribution is 7.90. The minimum Gasteiger partial charge on any atom is -0.357 e. The number of piperidine rings is 1. The molecule has 0 aliphatic carbocycles. The summed E-state index contributed by atoms with van der Waals surface area (Å²) in [4.78, 5) is 4.26. The molecule has 2 N–H and O–H groups in total. The maximum absolute atomic E-state index is 14.0. The van der Waals surface area contributed by atoms with Crippen LogP contribution in [0.5, 0.6) is 0 Å². The molecule has 1 aromatic rings. The van der Waals surface area contributed by atoms with Crippen LogP contribution in [0.2, 0.25) is 0 Å². The largest absolute Gasteiger partial charge is 0.511 e. The van der Waals surface area contributed by atoms with E-state index >= 15 is 0 Å². The van der Waals surface area contributed by atoms with Crippen LogP contribution < -0.4 is 10.6 Å². The van der Waals surface area contributed by atoms with E-state index in [0.717, 1.165) is 6.07 Å². The molecule has 1 aliphatic rings. The second-order valence-corrected chi connectivity index (χ2v) is 8.31. The SMILES string of the molecule is CCNC(=NCc1ccc(C#N)cc1F)NC1CCN(S(=O)(=O)C(F)(F)F)CC1. The maximum atomic E-state index is 14.0. The van der Waals surface area contributed by atoms with Gasteiger partial charge in [0.25, 0.3) is 0 Å². The summed E-state index contributed by atoms with van der Waals surface area (Å²) in [6, 6.07) is 5.61. The van der Waals surface area contributed by atoms with Crippen molar-refractivity contribution in [2.75, 3.05) is 19.6 Å². The minimum absolute atomic E-state index is 0.00578. The molecule has 0 radical (unpaired) electrons. The maximum Gasteiger partial charge on any atom is 0.511 e. The van der Waals surface area contributed by atoms with E-state index in [1.165, 1.54) is 12.1 Å². The van der Waals surface area contributed by atoms with E-state index < -0.39 is 21.3 Å². The average Bonchev–Trinajstić information content (AvgIpc) is 2.66. The van der Waals surface area contributed by atoms with Crippen LogP contribution in [0, 0.1) is 17.1 Å². The van der Waals surface area contributed by atoms with Crippen LogP contribution in [0.4, 0.5) is 17.6 Å². The van der Waals surface area contributed by atoms with Gasteiger partial charge in [0, 0.05) is 31.2 Å². The first kappa shape index (κ1) is 22.9. The zero-order valence-electron chi connectivity index (χ0n) is 15.6. The number of halogens is 4. The van der Waals surface area contributed by atoms with Crippen molar-refractivity contribution in [2.24, 2.45) is 4.99 Å². The molecule has 29 heavy (non-hydrogen) atoms. The fraction of sp³-hybridized carbons (Fsp3) is 0.529. The van der Waals surface area contributed by atoms with Crippen molar-refractivity contribution >= 4 is 16.0 Å². The highest BCUT2D eigenvalue weighted by Gasteiger charge is 2.50. The Morgan fingerprint density at radius 1 is 1.34 bits per heavy atom. The van der Waals surface area contributed by atoms with Gasteiger partial charge in [0.1, 0.15) is 5.82 Å². The molecule has 1 heterocycles. The summed E-state index contributed by atoms with van der Waals surface area (Å²) < 4.78 is 75.3. The molecule has 0 amide bonds.